The van der Waals surface area contributed by atoms with Gasteiger partial charge in [0.15, 0.2) is 0 Å². The quantitative estimate of drug-likeness (QED) is 0.590. The maximum absolute atomic E-state index is 9.30. The van der Waals surface area contributed by atoms with Crippen LogP contribution < -0.4 is 0 Å². The molecule has 0 aliphatic rings. The van der Waals surface area contributed by atoms with E-state index in [9.17, 15) is 10.2 Å². The molecule has 2 atom stereocenters. The molecule has 2 unspecified atom stereocenters. The van der Waals surface area contributed by atoms with Gasteiger partial charge in [0.05, 0.1) is 12.2 Å². The van der Waals surface area contributed by atoms with E-state index in [2.05, 4.69) is 5.92 Å². The van der Waals surface area contributed by atoms with Crippen LogP contribution in [0.4, 0.5) is 0 Å². The lowest BCUT2D eigenvalue weighted by Gasteiger charge is -2.19. The fourth-order valence-corrected chi connectivity index (χ4v) is 0.846. The van der Waals surface area contributed by atoms with Crippen LogP contribution in [-0.4, -0.2) is 22.4 Å². The standard InChI is InChI=1S/C9H16O2/c1-4-5-6-8(10)9(11)7(2)3/h1,7-11H,5-6H2,2-3H3. The molecule has 64 valence electrons. The second-order valence-electron chi connectivity index (χ2n) is 3.04. The van der Waals surface area contributed by atoms with Crippen LogP contribution in [0.2, 0.25) is 0 Å². The fourth-order valence-electron chi connectivity index (χ4n) is 0.846. The van der Waals surface area contributed by atoms with Crippen molar-refractivity contribution in [3.8, 4) is 12.3 Å². The van der Waals surface area contributed by atoms with Crippen LogP contribution in [0, 0.1) is 18.3 Å². The Morgan fingerprint density at radius 1 is 1.36 bits per heavy atom. The molecule has 2 N–H and O–H groups in total. The first kappa shape index (κ1) is 10.5. The van der Waals surface area contributed by atoms with Crippen molar-refractivity contribution in [3.63, 3.8) is 0 Å². The maximum Gasteiger partial charge on any atom is 0.0822 e. The third kappa shape index (κ3) is 4.02. The van der Waals surface area contributed by atoms with Crippen molar-refractivity contribution in [2.75, 3.05) is 0 Å². The van der Waals surface area contributed by atoms with E-state index in [1.54, 1.807) is 0 Å². The van der Waals surface area contributed by atoms with E-state index in [4.69, 9.17) is 6.42 Å². The van der Waals surface area contributed by atoms with Crippen LogP contribution in [0.3, 0.4) is 0 Å². The van der Waals surface area contributed by atoms with E-state index in [0.717, 1.165) is 0 Å². The number of aliphatic hydroxyl groups is 2. The zero-order valence-corrected chi connectivity index (χ0v) is 7.12. The average Bonchev–Trinajstić information content (AvgIpc) is 1.98. The van der Waals surface area contributed by atoms with Crippen molar-refractivity contribution >= 4 is 0 Å². The highest BCUT2D eigenvalue weighted by atomic mass is 16.3. The molecular formula is C9H16O2. The molecule has 0 rings (SSSR count). The summed E-state index contributed by atoms with van der Waals surface area (Å²) in [6.45, 7) is 3.73. The summed E-state index contributed by atoms with van der Waals surface area (Å²) in [5.41, 5.74) is 0. The molecule has 2 heteroatoms. The van der Waals surface area contributed by atoms with Gasteiger partial charge in [0.2, 0.25) is 0 Å². The molecule has 11 heavy (non-hydrogen) atoms. The summed E-state index contributed by atoms with van der Waals surface area (Å²) in [5, 5.41) is 18.6. The van der Waals surface area contributed by atoms with Gasteiger partial charge in [0.25, 0.3) is 0 Å². The SMILES string of the molecule is C#CCCC(O)C(O)C(C)C. The molecule has 0 aromatic rings. The van der Waals surface area contributed by atoms with Gasteiger partial charge in [-0.15, -0.1) is 12.3 Å². The largest absolute Gasteiger partial charge is 0.390 e. The molecule has 0 spiro atoms. The predicted octanol–water partition coefficient (Wildman–Crippen LogP) is 0.778. The van der Waals surface area contributed by atoms with Gasteiger partial charge in [0.1, 0.15) is 0 Å². The minimum atomic E-state index is -0.675. The monoisotopic (exact) mass is 156 g/mol. The van der Waals surface area contributed by atoms with E-state index in [-0.39, 0.29) is 5.92 Å². The van der Waals surface area contributed by atoms with Crippen molar-refractivity contribution in [1.82, 2.24) is 0 Å². The molecule has 0 saturated heterocycles. The van der Waals surface area contributed by atoms with Gasteiger partial charge in [-0.05, 0) is 12.3 Å². The second-order valence-corrected chi connectivity index (χ2v) is 3.04. The molecule has 0 saturated carbocycles. The van der Waals surface area contributed by atoms with Crippen molar-refractivity contribution in [1.29, 1.82) is 0 Å². The van der Waals surface area contributed by atoms with E-state index in [0.29, 0.717) is 12.8 Å². The molecular weight excluding hydrogens is 140 g/mol. The van der Waals surface area contributed by atoms with Crippen molar-refractivity contribution < 1.29 is 10.2 Å². The Labute approximate surface area is 68.2 Å². The van der Waals surface area contributed by atoms with Crippen LogP contribution >= 0.6 is 0 Å². The van der Waals surface area contributed by atoms with Gasteiger partial charge in [-0.2, -0.15) is 0 Å². The van der Waals surface area contributed by atoms with E-state index in [1.165, 1.54) is 0 Å². The number of aliphatic hydroxyl groups excluding tert-OH is 2. The van der Waals surface area contributed by atoms with Crippen molar-refractivity contribution in [2.24, 2.45) is 5.92 Å². The first-order valence-electron chi connectivity index (χ1n) is 3.89. The molecule has 0 aromatic heterocycles. The van der Waals surface area contributed by atoms with E-state index >= 15 is 0 Å². The summed E-state index contributed by atoms with van der Waals surface area (Å²) in [6, 6.07) is 0. The van der Waals surface area contributed by atoms with E-state index in [1.807, 2.05) is 13.8 Å². The van der Waals surface area contributed by atoms with Crippen LogP contribution in [0.1, 0.15) is 26.7 Å². The highest BCUT2D eigenvalue weighted by Crippen LogP contribution is 2.10. The van der Waals surface area contributed by atoms with Crippen LogP contribution in [0.5, 0.6) is 0 Å². The third-order valence-corrected chi connectivity index (χ3v) is 1.66. The zero-order chi connectivity index (χ0) is 8.85. The Morgan fingerprint density at radius 2 is 1.91 bits per heavy atom. The van der Waals surface area contributed by atoms with Crippen LogP contribution in [0.15, 0.2) is 0 Å². The topological polar surface area (TPSA) is 40.5 Å². The van der Waals surface area contributed by atoms with Gasteiger partial charge >= 0.3 is 0 Å². The minimum absolute atomic E-state index is 0.0859. The highest BCUT2D eigenvalue weighted by molar-refractivity contribution is 4.85. The minimum Gasteiger partial charge on any atom is -0.390 e. The van der Waals surface area contributed by atoms with Gasteiger partial charge in [0, 0.05) is 6.42 Å². The summed E-state index contributed by atoms with van der Waals surface area (Å²) < 4.78 is 0. The molecule has 0 radical (unpaired) electrons. The van der Waals surface area contributed by atoms with Gasteiger partial charge in [-0.3, -0.25) is 0 Å². The fraction of sp³-hybridized carbons (Fsp3) is 0.778. The summed E-state index contributed by atoms with van der Waals surface area (Å²) in [6.07, 6.45) is 4.69. The lowest BCUT2D eigenvalue weighted by Crippen LogP contribution is -2.30. The van der Waals surface area contributed by atoms with Crippen LogP contribution in [-0.2, 0) is 0 Å². The lowest BCUT2D eigenvalue weighted by molar-refractivity contribution is -0.0112. The Morgan fingerprint density at radius 3 is 2.27 bits per heavy atom. The summed E-state index contributed by atoms with van der Waals surface area (Å²) in [5.74, 6) is 2.51. The number of hydrogen-bond acceptors (Lipinski definition) is 2. The molecule has 0 bridgehead atoms. The maximum atomic E-state index is 9.30. The van der Waals surface area contributed by atoms with Gasteiger partial charge < -0.3 is 10.2 Å². The van der Waals surface area contributed by atoms with Gasteiger partial charge in [-0.1, -0.05) is 13.8 Å². The summed E-state index contributed by atoms with van der Waals surface area (Å²) in [4.78, 5) is 0. The Hall–Kier alpha value is -0.520. The molecule has 0 aromatic carbocycles. The molecule has 0 fully saturated rings. The zero-order valence-electron chi connectivity index (χ0n) is 7.12. The first-order valence-corrected chi connectivity index (χ1v) is 3.89. The third-order valence-electron chi connectivity index (χ3n) is 1.66. The van der Waals surface area contributed by atoms with E-state index < -0.39 is 12.2 Å². The Balaban J connectivity index is 3.65. The molecule has 0 amide bonds. The first-order chi connectivity index (χ1) is 5.09. The number of terminal acetylenes is 1. The highest BCUT2D eigenvalue weighted by Gasteiger charge is 2.18. The molecule has 0 aliphatic heterocycles. The van der Waals surface area contributed by atoms with Crippen LogP contribution in [0.25, 0.3) is 0 Å². The predicted molar refractivity (Wildman–Crippen MR) is 44.9 cm³/mol. The molecule has 2 nitrogen and oxygen atoms in total. The Kier molecular flexibility index (Phi) is 4.93. The number of hydrogen-bond donors (Lipinski definition) is 2. The molecule has 0 heterocycles. The second kappa shape index (κ2) is 5.17. The summed E-state index contributed by atoms with van der Waals surface area (Å²) in [7, 11) is 0. The van der Waals surface area contributed by atoms with Gasteiger partial charge in [-0.25, -0.2) is 0 Å². The average molecular weight is 156 g/mol. The normalized spacial score (nSPS) is 16.0. The smallest absolute Gasteiger partial charge is 0.0822 e. The summed E-state index contributed by atoms with van der Waals surface area (Å²) >= 11 is 0. The number of rotatable bonds is 4. The lowest BCUT2D eigenvalue weighted by atomic mass is 9.99. The van der Waals surface area contributed by atoms with Crippen molar-refractivity contribution in [2.45, 2.75) is 38.9 Å². The Bertz CT molecular complexity index is 135. The molecule has 0 aliphatic carbocycles. The van der Waals surface area contributed by atoms with Crippen molar-refractivity contribution in [3.05, 3.63) is 0 Å².